The van der Waals surface area contributed by atoms with Crippen molar-refractivity contribution in [2.45, 2.75) is 6.04 Å². The van der Waals surface area contributed by atoms with Crippen LogP contribution in [0.25, 0.3) is 0 Å². The van der Waals surface area contributed by atoms with Crippen molar-refractivity contribution >= 4 is 38.9 Å². The fourth-order valence-corrected chi connectivity index (χ4v) is 3.80. The highest BCUT2D eigenvalue weighted by Gasteiger charge is 2.19. The van der Waals surface area contributed by atoms with E-state index in [-0.39, 0.29) is 11.9 Å². The van der Waals surface area contributed by atoms with Crippen LogP contribution in [0.1, 0.15) is 16.5 Å². The third kappa shape index (κ3) is 4.54. The molecular formula is C19H18BrN2OS+. The van der Waals surface area contributed by atoms with Gasteiger partial charge in [-0.2, -0.15) is 0 Å². The van der Waals surface area contributed by atoms with E-state index >= 15 is 0 Å². The predicted molar refractivity (Wildman–Crippen MR) is 102 cm³/mol. The number of nitrogens with two attached hydrogens (primary N) is 1. The van der Waals surface area contributed by atoms with Crippen molar-refractivity contribution in [1.82, 2.24) is 0 Å². The zero-order valence-corrected chi connectivity index (χ0v) is 15.4. The van der Waals surface area contributed by atoms with E-state index in [1.54, 1.807) is 11.3 Å². The molecule has 0 spiro atoms. The van der Waals surface area contributed by atoms with Gasteiger partial charge in [0.1, 0.15) is 6.04 Å². The van der Waals surface area contributed by atoms with E-state index in [9.17, 15) is 4.79 Å². The summed E-state index contributed by atoms with van der Waals surface area (Å²) in [7, 11) is 0. The first-order chi connectivity index (χ1) is 11.7. The van der Waals surface area contributed by atoms with Gasteiger partial charge in [-0.3, -0.25) is 4.79 Å². The molecule has 3 rings (SSSR count). The maximum Gasteiger partial charge on any atom is 0.279 e. The van der Waals surface area contributed by atoms with E-state index < -0.39 is 0 Å². The van der Waals surface area contributed by atoms with Gasteiger partial charge in [-0.15, -0.1) is 11.3 Å². The lowest BCUT2D eigenvalue weighted by Crippen LogP contribution is -2.87. The number of amides is 1. The van der Waals surface area contributed by atoms with E-state index in [1.807, 2.05) is 48.5 Å². The van der Waals surface area contributed by atoms with Gasteiger partial charge < -0.3 is 10.6 Å². The number of hydrogen-bond acceptors (Lipinski definition) is 2. The Balaban J connectivity index is 1.67. The molecule has 122 valence electrons. The second kappa shape index (κ2) is 8.24. The van der Waals surface area contributed by atoms with Crippen molar-refractivity contribution in [1.29, 1.82) is 0 Å². The highest BCUT2D eigenvalue weighted by atomic mass is 79.9. The van der Waals surface area contributed by atoms with Crippen LogP contribution in [0.5, 0.6) is 0 Å². The zero-order valence-electron chi connectivity index (χ0n) is 13.0. The maximum atomic E-state index is 12.3. The Labute approximate surface area is 153 Å². The smallest absolute Gasteiger partial charge is 0.279 e. The van der Waals surface area contributed by atoms with E-state index in [1.165, 1.54) is 10.4 Å². The molecule has 3 aromatic rings. The number of thiophene rings is 1. The maximum absolute atomic E-state index is 12.3. The summed E-state index contributed by atoms with van der Waals surface area (Å²) in [6.45, 7) is 0.365. The molecular weight excluding hydrogens is 384 g/mol. The van der Waals surface area contributed by atoms with Crippen molar-refractivity contribution in [2.24, 2.45) is 0 Å². The Morgan fingerprint density at radius 1 is 1.08 bits per heavy atom. The summed E-state index contributed by atoms with van der Waals surface area (Å²) < 4.78 is 0.949. The van der Waals surface area contributed by atoms with E-state index in [0.717, 1.165) is 10.2 Å². The molecule has 1 heterocycles. The first kappa shape index (κ1) is 16.9. The Hall–Kier alpha value is -1.95. The van der Waals surface area contributed by atoms with Gasteiger partial charge in [0.15, 0.2) is 6.54 Å². The van der Waals surface area contributed by atoms with Crippen LogP contribution in [0.15, 0.2) is 76.6 Å². The lowest BCUT2D eigenvalue weighted by Gasteiger charge is -2.14. The summed E-state index contributed by atoms with van der Waals surface area (Å²) in [5.74, 6) is -0.00872. The number of carbonyl (C=O) groups is 1. The van der Waals surface area contributed by atoms with Gasteiger partial charge in [-0.05, 0) is 29.6 Å². The molecule has 1 atom stereocenters. The van der Waals surface area contributed by atoms with Crippen molar-refractivity contribution in [2.75, 3.05) is 11.9 Å². The summed E-state index contributed by atoms with van der Waals surface area (Å²) in [6.07, 6.45) is 0. The normalized spacial score (nSPS) is 11.9. The Bertz CT molecular complexity index is 790. The van der Waals surface area contributed by atoms with E-state index in [4.69, 9.17) is 0 Å². The van der Waals surface area contributed by atoms with Crippen LogP contribution in [-0.2, 0) is 4.79 Å². The van der Waals surface area contributed by atoms with Crippen LogP contribution >= 0.6 is 27.3 Å². The predicted octanol–water partition coefficient (Wildman–Crippen LogP) is 3.80. The summed E-state index contributed by atoms with van der Waals surface area (Å²) in [5, 5.41) is 7.09. The molecule has 1 aromatic heterocycles. The zero-order chi connectivity index (χ0) is 16.8. The molecule has 1 amide bonds. The van der Waals surface area contributed by atoms with Crippen LogP contribution < -0.4 is 10.6 Å². The van der Waals surface area contributed by atoms with Crippen molar-refractivity contribution in [3.8, 4) is 0 Å². The lowest BCUT2D eigenvalue weighted by atomic mass is 10.1. The van der Waals surface area contributed by atoms with E-state index in [0.29, 0.717) is 6.54 Å². The van der Waals surface area contributed by atoms with Crippen LogP contribution in [0.3, 0.4) is 0 Å². The molecule has 3 nitrogen and oxygen atoms in total. The van der Waals surface area contributed by atoms with E-state index in [2.05, 4.69) is 50.1 Å². The van der Waals surface area contributed by atoms with Gasteiger partial charge in [0.2, 0.25) is 0 Å². The quantitative estimate of drug-likeness (QED) is 0.647. The van der Waals surface area contributed by atoms with Gasteiger partial charge in [0.25, 0.3) is 5.91 Å². The van der Waals surface area contributed by atoms with Crippen LogP contribution in [0.4, 0.5) is 5.69 Å². The molecule has 0 aliphatic rings. The average molecular weight is 402 g/mol. The van der Waals surface area contributed by atoms with Gasteiger partial charge in [-0.1, -0.05) is 58.4 Å². The molecule has 0 unspecified atom stereocenters. The first-order valence-electron chi connectivity index (χ1n) is 7.69. The highest BCUT2D eigenvalue weighted by molar-refractivity contribution is 9.10. The number of halogens is 1. The first-order valence-corrected chi connectivity index (χ1v) is 9.37. The van der Waals surface area contributed by atoms with Crippen molar-refractivity contribution in [3.63, 3.8) is 0 Å². The molecule has 0 aliphatic heterocycles. The van der Waals surface area contributed by atoms with Crippen LogP contribution in [-0.4, -0.2) is 12.5 Å². The lowest BCUT2D eigenvalue weighted by molar-refractivity contribution is -0.675. The number of rotatable bonds is 6. The van der Waals surface area contributed by atoms with Gasteiger partial charge >= 0.3 is 0 Å². The number of quaternary nitrogens is 1. The minimum Gasteiger partial charge on any atom is -0.328 e. The average Bonchev–Trinajstić information content (AvgIpc) is 3.10. The van der Waals surface area contributed by atoms with Gasteiger partial charge in [0.05, 0.1) is 4.88 Å². The molecule has 5 heteroatoms. The molecule has 0 saturated heterocycles. The van der Waals surface area contributed by atoms with Crippen molar-refractivity contribution in [3.05, 3.63) is 87.0 Å². The SMILES string of the molecule is O=C(C[NH2+][C@@H](c1ccccc1)c1cccs1)Nc1cccc(Br)c1. The monoisotopic (exact) mass is 401 g/mol. The number of anilines is 1. The molecule has 24 heavy (non-hydrogen) atoms. The summed E-state index contributed by atoms with van der Waals surface area (Å²) >= 11 is 5.13. The molecule has 2 aromatic carbocycles. The summed E-state index contributed by atoms with van der Waals surface area (Å²) in [4.78, 5) is 13.5. The minimum atomic E-state index is -0.00872. The highest BCUT2D eigenvalue weighted by Crippen LogP contribution is 2.22. The third-order valence-electron chi connectivity index (χ3n) is 3.66. The largest absolute Gasteiger partial charge is 0.328 e. The molecule has 0 radical (unpaired) electrons. The third-order valence-corrected chi connectivity index (χ3v) is 5.10. The second-order valence-corrected chi connectivity index (χ2v) is 7.30. The number of nitrogens with one attached hydrogen (secondary N) is 1. The second-order valence-electron chi connectivity index (χ2n) is 5.40. The minimum absolute atomic E-state index is 0.00872. The number of carbonyl (C=O) groups excluding carboxylic acids is 1. The Morgan fingerprint density at radius 3 is 2.62 bits per heavy atom. The fourth-order valence-electron chi connectivity index (χ4n) is 2.55. The molecule has 0 fully saturated rings. The van der Waals surface area contributed by atoms with Crippen LogP contribution in [0.2, 0.25) is 0 Å². The molecule has 3 N–H and O–H groups in total. The van der Waals surface area contributed by atoms with Crippen molar-refractivity contribution < 1.29 is 10.1 Å². The van der Waals surface area contributed by atoms with Gasteiger partial charge in [-0.25, -0.2) is 0 Å². The van der Waals surface area contributed by atoms with Crippen LogP contribution in [0, 0.1) is 0 Å². The Morgan fingerprint density at radius 2 is 1.92 bits per heavy atom. The molecule has 0 saturated carbocycles. The molecule has 0 bridgehead atoms. The number of hydrogen-bond donors (Lipinski definition) is 2. The Kier molecular flexibility index (Phi) is 5.80. The summed E-state index contributed by atoms with van der Waals surface area (Å²) in [6, 6.07) is 22.2. The topological polar surface area (TPSA) is 45.7 Å². The summed E-state index contributed by atoms with van der Waals surface area (Å²) in [5.41, 5.74) is 2.00. The molecule has 0 aliphatic carbocycles. The fraction of sp³-hybridized carbons (Fsp3) is 0.105. The standard InChI is InChI=1S/C19H17BrN2OS/c20-15-8-4-9-16(12-15)22-18(23)13-21-19(17-10-5-11-24-17)14-6-2-1-3-7-14/h1-12,19,21H,13H2,(H,22,23)/p+1/t19-/m0/s1. The number of benzene rings is 2. The van der Waals surface area contributed by atoms with Gasteiger partial charge in [0, 0.05) is 15.7 Å².